The fourth-order valence-corrected chi connectivity index (χ4v) is 3.38. The number of hydrogen-bond acceptors (Lipinski definition) is 1. The molecule has 1 atom stereocenters. The van der Waals surface area contributed by atoms with Crippen LogP contribution in [0, 0.1) is 20.8 Å². The summed E-state index contributed by atoms with van der Waals surface area (Å²) in [5.41, 5.74) is 6.41. The third-order valence-corrected chi connectivity index (χ3v) is 5.28. The first-order valence-corrected chi connectivity index (χ1v) is 8.22. The van der Waals surface area contributed by atoms with E-state index in [-0.39, 0.29) is 6.04 Å². The minimum absolute atomic E-state index is 0.181. The number of nitrogens with one attached hydrogen (secondary N) is 1. The Labute approximate surface area is 138 Å². The van der Waals surface area contributed by atoms with Crippen molar-refractivity contribution in [3.8, 4) is 0 Å². The van der Waals surface area contributed by atoms with Crippen LogP contribution in [0.25, 0.3) is 0 Å². The van der Waals surface area contributed by atoms with Gasteiger partial charge in [0.1, 0.15) is 0 Å². The molecule has 0 fully saturated rings. The number of rotatable bonds is 3. The molecule has 2 aromatic carbocycles. The summed E-state index contributed by atoms with van der Waals surface area (Å²) in [6, 6.07) is 11.2. The molecule has 2 rings (SSSR count). The SMILES string of the molecule is CNC(c1ccc(C)c(C)c1)c1cc(Br)c(C)cc1Br. The van der Waals surface area contributed by atoms with Gasteiger partial charge in [-0.15, -0.1) is 0 Å². The molecule has 0 saturated carbocycles. The van der Waals surface area contributed by atoms with Crippen molar-refractivity contribution in [3.05, 3.63) is 67.1 Å². The van der Waals surface area contributed by atoms with Crippen LogP contribution >= 0.6 is 31.9 Å². The van der Waals surface area contributed by atoms with Crippen LogP contribution < -0.4 is 5.32 Å². The molecule has 0 aliphatic rings. The molecule has 106 valence electrons. The van der Waals surface area contributed by atoms with E-state index in [1.54, 1.807) is 0 Å². The second-order valence-corrected chi connectivity index (χ2v) is 6.90. The van der Waals surface area contributed by atoms with Crippen molar-refractivity contribution >= 4 is 31.9 Å². The molecular formula is C17H19Br2N. The predicted octanol–water partition coefficient (Wildman–Crippen LogP) is 5.45. The summed E-state index contributed by atoms with van der Waals surface area (Å²) in [4.78, 5) is 0. The fourth-order valence-electron chi connectivity index (χ4n) is 2.33. The maximum atomic E-state index is 3.69. The molecule has 0 aliphatic carbocycles. The van der Waals surface area contributed by atoms with Crippen LogP contribution in [0.3, 0.4) is 0 Å². The van der Waals surface area contributed by atoms with Gasteiger partial charge in [0.25, 0.3) is 0 Å². The van der Waals surface area contributed by atoms with E-state index in [0.29, 0.717) is 0 Å². The molecule has 0 aromatic heterocycles. The van der Waals surface area contributed by atoms with Gasteiger partial charge in [-0.25, -0.2) is 0 Å². The van der Waals surface area contributed by atoms with E-state index in [2.05, 4.69) is 88.3 Å². The van der Waals surface area contributed by atoms with Crippen LogP contribution in [-0.2, 0) is 0 Å². The summed E-state index contributed by atoms with van der Waals surface area (Å²) < 4.78 is 2.27. The molecule has 0 aliphatic heterocycles. The van der Waals surface area contributed by atoms with Gasteiger partial charge in [0.15, 0.2) is 0 Å². The molecule has 0 amide bonds. The Morgan fingerprint density at radius 2 is 1.55 bits per heavy atom. The van der Waals surface area contributed by atoms with E-state index in [9.17, 15) is 0 Å². The largest absolute Gasteiger partial charge is 0.309 e. The lowest BCUT2D eigenvalue weighted by molar-refractivity contribution is 0.687. The Morgan fingerprint density at radius 1 is 0.850 bits per heavy atom. The van der Waals surface area contributed by atoms with Crippen LogP contribution in [0.15, 0.2) is 39.3 Å². The summed E-state index contributed by atoms with van der Waals surface area (Å²) in [7, 11) is 2.00. The van der Waals surface area contributed by atoms with Gasteiger partial charge in [-0.3, -0.25) is 0 Å². The van der Waals surface area contributed by atoms with Crippen molar-refractivity contribution in [2.75, 3.05) is 7.05 Å². The number of aryl methyl sites for hydroxylation is 3. The van der Waals surface area contributed by atoms with E-state index < -0.39 is 0 Å². The molecule has 1 unspecified atom stereocenters. The van der Waals surface area contributed by atoms with E-state index in [0.717, 1.165) is 8.95 Å². The Bertz CT molecular complexity index is 635. The average Bonchev–Trinajstić information content (AvgIpc) is 2.40. The third-order valence-electron chi connectivity index (χ3n) is 3.74. The molecule has 0 radical (unpaired) electrons. The maximum Gasteiger partial charge on any atom is 0.0585 e. The van der Waals surface area contributed by atoms with Crippen molar-refractivity contribution < 1.29 is 0 Å². The van der Waals surface area contributed by atoms with Gasteiger partial charge in [-0.1, -0.05) is 50.1 Å². The molecule has 3 heteroatoms. The molecule has 0 saturated heterocycles. The zero-order chi connectivity index (χ0) is 14.9. The van der Waals surface area contributed by atoms with Crippen LogP contribution in [0.5, 0.6) is 0 Å². The number of halogens is 2. The lowest BCUT2D eigenvalue weighted by atomic mass is 9.95. The van der Waals surface area contributed by atoms with Crippen LogP contribution in [0.1, 0.15) is 33.9 Å². The van der Waals surface area contributed by atoms with Crippen molar-refractivity contribution in [3.63, 3.8) is 0 Å². The van der Waals surface area contributed by atoms with Gasteiger partial charge in [-0.05, 0) is 67.8 Å². The van der Waals surface area contributed by atoms with Crippen molar-refractivity contribution in [2.45, 2.75) is 26.8 Å². The Balaban J connectivity index is 2.52. The highest BCUT2D eigenvalue weighted by Gasteiger charge is 2.16. The zero-order valence-corrected chi connectivity index (χ0v) is 15.4. The molecule has 0 heterocycles. The molecule has 1 nitrogen and oxygen atoms in total. The second-order valence-electron chi connectivity index (χ2n) is 5.19. The third kappa shape index (κ3) is 3.16. The quantitative estimate of drug-likeness (QED) is 0.727. The van der Waals surface area contributed by atoms with Gasteiger partial charge in [-0.2, -0.15) is 0 Å². The van der Waals surface area contributed by atoms with Crippen LogP contribution in [0.2, 0.25) is 0 Å². The molecule has 2 aromatic rings. The van der Waals surface area contributed by atoms with Crippen molar-refractivity contribution in [1.29, 1.82) is 0 Å². The van der Waals surface area contributed by atoms with Gasteiger partial charge in [0.05, 0.1) is 6.04 Å². The highest BCUT2D eigenvalue weighted by atomic mass is 79.9. The first-order valence-electron chi connectivity index (χ1n) is 6.64. The Hall–Kier alpha value is -0.640. The predicted molar refractivity (Wildman–Crippen MR) is 93.4 cm³/mol. The van der Waals surface area contributed by atoms with Gasteiger partial charge < -0.3 is 5.32 Å². The summed E-state index contributed by atoms with van der Waals surface area (Å²) in [5.74, 6) is 0. The molecule has 0 bridgehead atoms. The molecule has 20 heavy (non-hydrogen) atoms. The van der Waals surface area contributed by atoms with Crippen LogP contribution in [0.4, 0.5) is 0 Å². The highest BCUT2D eigenvalue weighted by Crippen LogP contribution is 2.33. The normalized spacial score (nSPS) is 12.5. The summed E-state index contributed by atoms with van der Waals surface area (Å²) in [6.07, 6.45) is 0. The average molecular weight is 397 g/mol. The highest BCUT2D eigenvalue weighted by molar-refractivity contribution is 9.11. The Morgan fingerprint density at radius 3 is 2.15 bits per heavy atom. The van der Waals surface area contributed by atoms with Crippen molar-refractivity contribution in [1.82, 2.24) is 5.32 Å². The minimum atomic E-state index is 0.181. The van der Waals surface area contributed by atoms with E-state index in [4.69, 9.17) is 0 Å². The maximum absolute atomic E-state index is 3.69. The van der Waals surface area contributed by atoms with E-state index in [1.807, 2.05) is 7.05 Å². The molecule has 1 N–H and O–H groups in total. The first kappa shape index (κ1) is 15.7. The minimum Gasteiger partial charge on any atom is -0.309 e. The van der Waals surface area contributed by atoms with Crippen molar-refractivity contribution in [2.24, 2.45) is 0 Å². The molecule has 0 spiro atoms. The van der Waals surface area contributed by atoms with E-state index in [1.165, 1.54) is 27.8 Å². The summed E-state index contributed by atoms with van der Waals surface area (Å²) in [6.45, 7) is 6.40. The summed E-state index contributed by atoms with van der Waals surface area (Å²) >= 11 is 7.32. The second kappa shape index (κ2) is 6.42. The van der Waals surface area contributed by atoms with Gasteiger partial charge >= 0.3 is 0 Å². The zero-order valence-electron chi connectivity index (χ0n) is 12.2. The van der Waals surface area contributed by atoms with Gasteiger partial charge in [0.2, 0.25) is 0 Å². The lowest BCUT2D eigenvalue weighted by Crippen LogP contribution is -2.18. The summed E-state index contributed by atoms with van der Waals surface area (Å²) in [5, 5.41) is 3.42. The topological polar surface area (TPSA) is 12.0 Å². The lowest BCUT2D eigenvalue weighted by Gasteiger charge is -2.21. The number of benzene rings is 2. The smallest absolute Gasteiger partial charge is 0.0585 e. The molecular weight excluding hydrogens is 378 g/mol. The van der Waals surface area contributed by atoms with Crippen LogP contribution in [-0.4, -0.2) is 7.05 Å². The Kier molecular flexibility index (Phi) is 5.05. The standard InChI is InChI=1S/C17H19Br2N/c1-10-5-6-13(7-11(10)2)17(20-4)14-9-15(18)12(3)8-16(14)19/h5-9,17,20H,1-4H3. The fraction of sp³-hybridized carbons (Fsp3) is 0.294. The number of hydrogen-bond donors (Lipinski definition) is 1. The van der Waals surface area contributed by atoms with Gasteiger partial charge in [0, 0.05) is 8.95 Å². The van der Waals surface area contributed by atoms with E-state index >= 15 is 0 Å². The monoisotopic (exact) mass is 395 g/mol. The first-order chi connectivity index (χ1) is 9.43.